The Kier molecular flexibility index (Phi) is 7.61. The molecule has 0 aromatic carbocycles. The van der Waals surface area contributed by atoms with Gasteiger partial charge in [-0.1, -0.05) is 40.8 Å². The van der Waals surface area contributed by atoms with Crippen LogP contribution in [0.15, 0.2) is 28.6 Å². The minimum atomic E-state index is -0.171. The number of anilines is 1. The molecule has 2 rings (SSSR count). The fourth-order valence-corrected chi connectivity index (χ4v) is 4.24. The molecule has 1 atom stereocenters. The molecule has 126 valence electrons. The van der Waals surface area contributed by atoms with Gasteiger partial charge in [-0.05, 0) is 39.0 Å². The predicted molar refractivity (Wildman–Crippen MR) is 98.1 cm³/mol. The van der Waals surface area contributed by atoms with E-state index >= 15 is 0 Å². The van der Waals surface area contributed by atoms with Gasteiger partial charge in [-0.25, -0.2) is 0 Å². The van der Waals surface area contributed by atoms with E-state index in [0.29, 0.717) is 6.54 Å². The van der Waals surface area contributed by atoms with Crippen molar-refractivity contribution in [2.45, 2.75) is 48.6 Å². The highest BCUT2D eigenvalue weighted by Crippen LogP contribution is 2.28. The lowest BCUT2D eigenvalue weighted by Gasteiger charge is -2.14. The van der Waals surface area contributed by atoms with E-state index in [2.05, 4.69) is 33.5 Å². The molecule has 2 N–H and O–H groups in total. The summed E-state index contributed by atoms with van der Waals surface area (Å²) in [7, 11) is 0. The van der Waals surface area contributed by atoms with Crippen LogP contribution in [-0.2, 0) is 4.79 Å². The molecule has 0 saturated heterocycles. The Morgan fingerprint density at radius 3 is 3.13 bits per heavy atom. The number of carbonyl (C=O) groups is 1. The average Bonchev–Trinajstić information content (AvgIpc) is 3.01. The Morgan fingerprint density at radius 1 is 1.52 bits per heavy atom. The lowest BCUT2D eigenvalue weighted by Crippen LogP contribution is -2.31. The van der Waals surface area contributed by atoms with Gasteiger partial charge in [-0.3, -0.25) is 4.79 Å². The van der Waals surface area contributed by atoms with E-state index in [9.17, 15) is 4.79 Å². The van der Waals surface area contributed by atoms with Gasteiger partial charge in [-0.15, -0.1) is 16.8 Å². The van der Waals surface area contributed by atoms with Crippen LogP contribution < -0.4 is 10.6 Å². The highest BCUT2D eigenvalue weighted by atomic mass is 32.2. The molecule has 0 aliphatic heterocycles. The Bertz CT molecular complexity index is 556. The van der Waals surface area contributed by atoms with Crippen LogP contribution in [0.3, 0.4) is 0 Å². The number of hydrogen-bond donors (Lipinski definition) is 2. The van der Waals surface area contributed by atoms with Crippen molar-refractivity contribution in [1.29, 1.82) is 0 Å². The number of amides is 1. The largest absolute Gasteiger partial charge is 0.357 e. The van der Waals surface area contributed by atoms with Gasteiger partial charge in [0.05, 0.1) is 5.25 Å². The van der Waals surface area contributed by atoms with Gasteiger partial charge in [0.25, 0.3) is 0 Å². The summed E-state index contributed by atoms with van der Waals surface area (Å²) in [6.07, 6.45) is 10.0. The first kappa shape index (κ1) is 18.0. The Hall–Kier alpha value is -1.34. The lowest BCUT2D eigenvalue weighted by atomic mass is 9.97. The van der Waals surface area contributed by atoms with E-state index < -0.39 is 0 Å². The van der Waals surface area contributed by atoms with Crippen LogP contribution in [-0.4, -0.2) is 34.4 Å². The van der Waals surface area contributed by atoms with Crippen LogP contribution in [0.1, 0.15) is 39.0 Å². The maximum atomic E-state index is 12.1. The number of thioether (sulfide) groups is 1. The normalized spacial score (nSPS) is 15.6. The Morgan fingerprint density at radius 2 is 2.39 bits per heavy atom. The quantitative estimate of drug-likeness (QED) is 0.525. The molecule has 1 aromatic rings. The van der Waals surface area contributed by atoms with Gasteiger partial charge in [0.1, 0.15) is 0 Å². The summed E-state index contributed by atoms with van der Waals surface area (Å²) in [6.45, 7) is 6.93. The van der Waals surface area contributed by atoms with Crippen LogP contribution in [0.25, 0.3) is 0 Å². The summed E-state index contributed by atoms with van der Waals surface area (Å²) >= 11 is 2.90. The van der Waals surface area contributed by atoms with Crippen molar-refractivity contribution >= 4 is 34.1 Å². The first-order valence-electron chi connectivity index (χ1n) is 7.99. The first-order valence-corrected chi connectivity index (χ1v) is 9.69. The second-order valence-electron chi connectivity index (χ2n) is 5.45. The molecule has 0 radical (unpaired) electrons. The number of carbonyl (C=O) groups excluding carboxylic acids is 1. The molecule has 1 unspecified atom stereocenters. The fraction of sp³-hybridized carbons (Fsp3) is 0.562. The molecule has 1 aliphatic rings. The number of hydrogen-bond acceptors (Lipinski definition) is 6. The van der Waals surface area contributed by atoms with Crippen LogP contribution in [0, 0.1) is 0 Å². The van der Waals surface area contributed by atoms with Crippen molar-refractivity contribution in [1.82, 2.24) is 15.5 Å². The van der Waals surface area contributed by atoms with Crippen LogP contribution in [0.2, 0.25) is 0 Å². The second-order valence-corrected chi connectivity index (χ2v) is 8.02. The fourth-order valence-electron chi connectivity index (χ4n) is 2.31. The number of allylic oxidation sites excluding steroid dienone is 1. The highest BCUT2D eigenvalue weighted by molar-refractivity contribution is 8.02. The standard InChI is InChI=1S/C16H24N4OS2/c1-3-10-18-15-19-20-16(23-15)22-12(2)14(21)17-11-9-13-7-5-4-6-8-13/h3,7,12H,1,4-6,8-11H2,2H3,(H,17,21)(H,18,19). The summed E-state index contributed by atoms with van der Waals surface area (Å²) < 4.78 is 0.800. The highest BCUT2D eigenvalue weighted by Gasteiger charge is 2.17. The van der Waals surface area contributed by atoms with E-state index in [1.54, 1.807) is 6.08 Å². The molecule has 0 saturated carbocycles. The smallest absolute Gasteiger partial charge is 0.233 e. The predicted octanol–water partition coefficient (Wildman–Crippen LogP) is 3.62. The summed E-state index contributed by atoms with van der Waals surface area (Å²) in [5.74, 6) is 0.0576. The molecule has 5 nitrogen and oxygen atoms in total. The zero-order valence-corrected chi connectivity index (χ0v) is 15.1. The van der Waals surface area contributed by atoms with Gasteiger partial charge in [0.2, 0.25) is 11.0 Å². The third-order valence-electron chi connectivity index (χ3n) is 3.58. The second kappa shape index (κ2) is 9.72. The monoisotopic (exact) mass is 352 g/mol. The van der Waals surface area contributed by atoms with Crippen LogP contribution in [0.4, 0.5) is 5.13 Å². The summed E-state index contributed by atoms with van der Waals surface area (Å²) in [4.78, 5) is 12.1. The molecule has 1 heterocycles. The van der Waals surface area contributed by atoms with Gasteiger partial charge in [0.15, 0.2) is 4.34 Å². The van der Waals surface area contributed by atoms with E-state index in [1.165, 1.54) is 54.4 Å². The minimum absolute atomic E-state index is 0.0576. The first-order chi connectivity index (χ1) is 11.2. The molecule has 1 amide bonds. The molecule has 1 aromatic heterocycles. The average molecular weight is 353 g/mol. The van der Waals surface area contributed by atoms with E-state index in [0.717, 1.165) is 22.4 Å². The number of nitrogens with zero attached hydrogens (tertiary/aromatic N) is 2. The molecule has 7 heteroatoms. The lowest BCUT2D eigenvalue weighted by molar-refractivity contribution is -0.120. The molecule has 0 spiro atoms. The maximum Gasteiger partial charge on any atom is 0.233 e. The van der Waals surface area contributed by atoms with Gasteiger partial charge < -0.3 is 10.6 Å². The van der Waals surface area contributed by atoms with Gasteiger partial charge in [0, 0.05) is 13.1 Å². The SMILES string of the molecule is C=CCNc1nnc(SC(C)C(=O)NCCC2=CCCCC2)s1. The van der Waals surface area contributed by atoms with Crippen molar-refractivity contribution in [2.24, 2.45) is 0 Å². The third-order valence-corrected chi connectivity index (χ3v) is 5.65. The molecule has 1 aliphatic carbocycles. The number of aromatic nitrogens is 2. The number of rotatable bonds is 9. The zero-order chi connectivity index (χ0) is 16.5. The molecular weight excluding hydrogens is 328 g/mol. The van der Waals surface area contributed by atoms with Crippen LogP contribution >= 0.6 is 23.1 Å². The van der Waals surface area contributed by atoms with Crippen molar-refractivity contribution in [3.8, 4) is 0 Å². The summed E-state index contributed by atoms with van der Waals surface area (Å²) in [6, 6.07) is 0. The van der Waals surface area contributed by atoms with Gasteiger partial charge >= 0.3 is 0 Å². The molecule has 23 heavy (non-hydrogen) atoms. The van der Waals surface area contributed by atoms with Crippen molar-refractivity contribution < 1.29 is 4.79 Å². The zero-order valence-electron chi connectivity index (χ0n) is 13.5. The van der Waals surface area contributed by atoms with Gasteiger partial charge in [-0.2, -0.15) is 0 Å². The Labute approximate surface area is 146 Å². The van der Waals surface area contributed by atoms with E-state index in [1.807, 2.05) is 6.92 Å². The minimum Gasteiger partial charge on any atom is -0.357 e. The Balaban J connectivity index is 1.70. The third kappa shape index (κ3) is 6.35. The van der Waals surface area contributed by atoms with E-state index in [4.69, 9.17) is 0 Å². The molecular formula is C16H24N4OS2. The van der Waals surface area contributed by atoms with Crippen molar-refractivity contribution in [2.75, 3.05) is 18.4 Å². The molecule has 0 bridgehead atoms. The van der Waals surface area contributed by atoms with Crippen LogP contribution in [0.5, 0.6) is 0 Å². The molecule has 0 fully saturated rings. The maximum absolute atomic E-state index is 12.1. The summed E-state index contributed by atoms with van der Waals surface area (Å²) in [5.41, 5.74) is 1.49. The van der Waals surface area contributed by atoms with Crippen molar-refractivity contribution in [3.05, 3.63) is 24.3 Å². The summed E-state index contributed by atoms with van der Waals surface area (Å²) in [5, 5.41) is 14.8. The van der Waals surface area contributed by atoms with E-state index in [-0.39, 0.29) is 11.2 Å². The number of nitrogens with one attached hydrogen (secondary N) is 2. The van der Waals surface area contributed by atoms with Crippen molar-refractivity contribution in [3.63, 3.8) is 0 Å². The topological polar surface area (TPSA) is 66.9 Å².